The molecule has 4 amide bonds. The number of hydrogen-bond acceptors (Lipinski definition) is 7. The van der Waals surface area contributed by atoms with Crippen LogP contribution in [0.4, 0.5) is 21.0 Å². The van der Waals surface area contributed by atoms with Gasteiger partial charge in [-0.2, -0.15) is 0 Å². The minimum atomic E-state index is -0.923. The fourth-order valence-electron chi connectivity index (χ4n) is 7.55. The topological polar surface area (TPSA) is 123 Å². The number of nitrogens with two attached hydrogens (primary N) is 1. The number of para-hydroxylation sites is 1. The van der Waals surface area contributed by atoms with Gasteiger partial charge in [0.1, 0.15) is 0 Å². The molecule has 4 N–H and O–H groups in total. The Morgan fingerprint density at radius 1 is 0.894 bits per heavy atom. The zero-order chi connectivity index (χ0) is 32.2. The van der Waals surface area contributed by atoms with E-state index in [1.807, 2.05) is 54.0 Å². The second kappa shape index (κ2) is 15.4. The number of piperidine rings is 2. The van der Waals surface area contributed by atoms with E-state index in [2.05, 4.69) is 21.6 Å². The Kier molecular flexibility index (Phi) is 11.3. The van der Waals surface area contributed by atoms with Crippen LogP contribution in [0.3, 0.4) is 0 Å². The number of carbonyl (C=O) groups is 3. The summed E-state index contributed by atoms with van der Waals surface area (Å²) in [6, 6.07) is 12.4. The summed E-state index contributed by atoms with van der Waals surface area (Å²) in [5, 5.41) is 6.49. The largest absolute Gasteiger partial charge is 0.436 e. The van der Waals surface area contributed by atoms with E-state index in [-0.39, 0.29) is 25.4 Å². The van der Waals surface area contributed by atoms with E-state index in [4.69, 9.17) is 10.5 Å². The summed E-state index contributed by atoms with van der Waals surface area (Å²) < 4.78 is 6.08. The van der Waals surface area contributed by atoms with Crippen LogP contribution in [0.1, 0.15) is 55.4 Å². The third-order valence-corrected chi connectivity index (χ3v) is 10.3. The van der Waals surface area contributed by atoms with Gasteiger partial charge in [-0.1, -0.05) is 37.8 Å². The van der Waals surface area contributed by atoms with Gasteiger partial charge in [0.25, 0.3) is 5.91 Å². The van der Waals surface area contributed by atoms with Gasteiger partial charge in [-0.15, -0.1) is 0 Å². The molecule has 1 atom stereocenters. The number of nitrogens with one attached hydrogen (secondary N) is 2. The van der Waals surface area contributed by atoms with Gasteiger partial charge in [0, 0.05) is 75.7 Å². The van der Waals surface area contributed by atoms with Crippen molar-refractivity contribution in [2.45, 2.75) is 78.0 Å². The van der Waals surface area contributed by atoms with Gasteiger partial charge < -0.3 is 35.8 Å². The number of nitrogens with zero attached hydrogens (tertiary/aromatic N) is 4. The lowest BCUT2D eigenvalue weighted by atomic mass is 9.99. The molecule has 3 fully saturated rings. The molecule has 4 aliphatic rings. The zero-order valence-corrected chi connectivity index (χ0v) is 27.3. The summed E-state index contributed by atoms with van der Waals surface area (Å²) in [7, 11) is 0. The number of ether oxygens (including phenoxy) is 1. The predicted octanol–water partition coefficient (Wildman–Crippen LogP) is 4.02. The number of likely N-dealkylation sites (tertiary alicyclic amines) is 1. The second-order valence-corrected chi connectivity index (χ2v) is 13.3. The van der Waals surface area contributed by atoms with Crippen molar-refractivity contribution in [1.29, 1.82) is 0 Å². The highest BCUT2D eigenvalue weighted by Crippen LogP contribution is 2.26. The van der Waals surface area contributed by atoms with Crippen LogP contribution < -0.4 is 16.4 Å². The predicted molar refractivity (Wildman–Crippen MR) is 186 cm³/mol. The monoisotopic (exact) mass is 647 g/mol. The van der Waals surface area contributed by atoms with Gasteiger partial charge >= 0.3 is 12.1 Å². The first-order valence-electron chi connectivity index (χ1n) is 17.0. The van der Waals surface area contributed by atoms with E-state index < -0.39 is 12.2 Å². The van der Waals surface area contributed by atoms with Crippen LogP contribution in [-0.4, -0.2) is 115 Å². The van der Waals surface area contributed by atoms with Gasteiger partial charge in [0.05, 0.1) is 0 Å². The number of rotatable bonds is 6. The van der Waals surface area contributed by atoms with Crippen LogP contribution >= 0.6 is 0 Å². The fraction of sp³-hybridized carbons (Fsp3) is 0.583. The number of nitrogen functional groups attached to an aromatic ring is 1. The smallest absolute Gasteiger partial charge is 0.410 e. The normalized spacial score (nSPS) is 20.5. The highest BCUT2D eigenvalue weighted by atomic mass is 16.6. The van der Waals surface area contributed by atoms with Crippen LogP contribution in [-0.2, 0) is 22.4 Å². The van der Waals surface area contributed by atoms with Crippen LogP contribution in [0.2, 0.25) is 0 Å². The molecule has 11 heteroatoms. The van der Waals surface area contributed by atoms with Crippen LogP contribution in [0, 0.1) is 13.8 Å². The fourth-order valence-corrected chi connectivity index (χ4v) is 7.55. The molecule has 4 heterocycles. The van der Waals surface area contributed by atoms with Crippen molar-refractivity contribution in [1.82, 2.24) is 24.9 Å². The third-order valence-electron chi connectivity index (χ3n) is 10.3. The molecule has 0 spiro atoms. The first-order valence-corrected chi connectivity index (χ1v) is 17.0. The highest BCUT2D eigenvalue weighted by Gasteiger charge is 2.36. The summed E-state index contributed by atoms with van der Waals surface area (Å²) in [5.41, 5.74) is 11.8. The van der Waals surface area contributed by atoms with Crippen LogP contribution in [0.25, 0.3) is 0 Å². The molecule has 0 aliphatic carbocycles. The SMILES string of the molecule is C.Cc1cc(C[C@@H](OC(=O)N2CCC(N3CCc4ccccc4NC3=O)CC2)C(=O)N2CCN(C3CCNCC3)CC2)cc(C)c1N. The molecule has 0 bridgehead atoms. The molecular formula is C36H53N7O4. The van der Waals surface area contributed by atoms with E-state index in [0.717, 1.165) is 79.1 Å². The van der Waals surface area contributed by atoms with Gasteiger partial charge in [0.2, 0.25) is 0 Å². The zero-order valence-electron chi connectivity index (χ0n) is 27.3. The van der Waals surface area contributed by atoms with E-state index >= 15 is 0 Å². The summed E-state index contributed by atoms with van der Waals surface area (Å²) in [6.45, 7) is 10.5. The first kappa shape index (κ1) is 34.5. The number of benzene rings is 2. The lowest BCUT2D eigenvalue weighted by Crippen LogP contribution is -2.56. The lowest BCUT2D eigenvalue weighted by molar-refractivity contribution is -0.143. The molecular weight excluding hydrogens is 594 g/mol. The summed E-state index contributed by atoms with van der Waals surface area (Å²) in [5.74, 6) is -0.138. The van der Waals surface area contributed by atoms with Crippen LogP contribution in [0.15, 0.2) is 36.4 Å². The maximum absolute atomic E-state index is 14.0. The van der Waals surface area contributed by atoms with E-state index in [1.54, 1.807) is 4.90 Å². The van der Waals surface area contributed by atoms with Gasteiger partial charge in [-0.25, -0.2) is 9.59 Å². The summed E-state index contributed by atoms with van der Waals surface area (Å²) >= 11 is 0. The molecule has 4 aliphatic heterocycles. The number of anilines is 2. The average molecular weight is 648 g/mol. The summed E-state index contributed by atoms with van der Waals surface area (Å²) in [4.78, 5) is 48.6. The first-order chi connectivity index (χ1) is 22.3. The van der Waals surface area contributed by atoms with Crippen molar-refractivity contribution in [2.75, 3.05) is 70.0 Å². The highest BCUT2D eigenvalue weighted by molar-refractivity contribution is 5.91. The minimum absolute atomic E-state index is 0. The molecule has 0 radical (unpaired) electrons. The van der Waals surface area contributed by atoms with Crippen molar-refractivity contribution in [3.05, 3.63) is 58.7 Å². The number of hydrogen-bond donors (Lipinski definition) is 3. The van der Waals surface area contributed by atoms with E-state index in [9.17, 15) is 14.4 Å². The quantitative estimate of drug-likeness (QED) is 0.405. The number of urea groups is 1. The van der Waals surface area contributed by atoms with Crippen LogP contribution in [0.5, 0.6) is 0 Å². The van der Waals surface area contributed by atoms with E-state index in [0.29, 0.717) is 58.0 Å². The molecule has 2 aromatic rings. The van der Waals surface area contributed by atoms with E-state index in [1.165, 1.54) is 0 Å². The maximum Gasteiger partial charge on any atom is 0.410 e. The Bertz CT molecular complexity index is 1390. The Labute approximate surface area is 279 Å². The number of aryl methyl sites for hydroxylation is 2. The molecule has 6 rings (SSSR count). The number of fused-ring (bicyclic) bond motifs is 1. The molecule has 256 valence electrons. The van der Waals surface area contributed by atoms with Gasteiger partial charge in [-0.05, 0) is 87.4 Å². The average Bonchev–Trinajstić information content (AvgIpc) is 3.25. The van der Waals surface area contributed by atoms with Crippen molar-refractivity contribution in [2.24, 2.45) is 0 Å². The maximum atomic E-state index is 14.0. The third kappa shape index (κ3) is 8.01. The minimum Gasteiger partial charge on any atom is -0.436 e. The molecule has 0 unspecified atom stereocenters. The van der Waals surface area contributed by atoms with Gasteiger partial charge in [0.15, 0.2) is 6.10 Å². The van der Waals surface area contributed by atoms with Gasteiger partial charge in [-0.3, -0.25) is 9.69 Å². The molecule has 11 nitrogen and oxygen atoms in total. The van der Waals surface area contributed by atoms with Crippen molar-refractivity contribution < 1.29 is 19.1 Å². The van der Waals surface area contributed by atoms with Crippen molar-refractivity contribution >= 4 is 29.4 Å². The number of carbonyl (C=O) groups excluding carboxylic acids is 3. The molecule has 0 saturated carbocycles. The van der Waals surface area contributed by atoms with Crippen molar-refractivity contribution in [3.63, 3.8) is 0 Å². The molecule has 2 aromatic carbocycles. The Morgan fingerprint density at radius 3 is 2.23 bits per heavy atom. The molecule has 0 aromatic heterocycles. The Balaban J connectivity index is 0.00000433. The number of piperazine rings is 1. The molecule has 47 heavy (non-hydrogen) atoms. The second-order valence-electron chi connectivity index (χ2n) is 13.3. The standard InChI is InChI=1S/C35H49N7O4.CH4/c1-24-21-26(22-25(2)32(24)36)23-31(33(43)40-19-17-39(18-20-40)28-7-12-37-13-8-28)46-35(45)41-14-10-29(11-15-41)42-16-9-27-5-3-4-6-30(27)38-34(42)44;/h3-6,21-22,28-29,31,37H,7-20,23,36H2,1-2H3,(H,38,44);1H4/t31-;/m1./s1. The lowest BCUT2D eigenvalue weighted by Gasteiger charge is -2.41. The number of amides is 4. The Hall–Kier alpha value is -3.83. The molecule has 3 saturated heterocycles. The Morgan fingerprint density at radius 2 is 1.55 bits per heavy atom. The summed E-state index contributed by atoms with van der Waals surface area (Å²) in [6.07, 6.45) is 3.28. The van der Waals surface area contributed by atoms with Crippen molar-refractivity contribution in [3.8, 4) is 0 Å².